The number of hydrogen-bond acceptors (Lipinski definition) is 15. The van der Waals surface area contributed by atoms with Crippen LogP contribution in [0.4, 0.5) is 0 Å². The van der Waals surface area contributed by atoms with E-state index < -0.39 is 62.0 Å². The Morgan fingerprint density at radius 2 is 0.741 bits per heavy atom. The van der Waals surface area contributed by atoms with Crippen LogP contribution in [-0.4, -0.2) is 126 Å². The summed E-state index contributed by atoms with van der Waals surface area (Å²) >= 11 is 0. The lowest BCUT2D eigenvalue weighted by atomic mass is 10.0. The SMILES string of the molecule is N.N.N.O=C[C@@H](O)[C@@H](O)[C@H](O)[C@H](O)CO.O=C[C@H](O)[C@H](O)[C@@H](O)[C@H](O)CO. The van der Waals surface area contributed by atoms with Crippen molar-refractivity contribution in [3.8, 4) is 0 Å². The highest BCUT2D eigenvalue weighted by Gasteiger charge is 2.30. The van der Waals surface area contributed by atoms with Crippen LogP contribution in [0.2, 0.25) is 0 Å². The third kappa shape index (κ3) is 13.6. The first-order valence-corrected chi connectivity index (χ1v) is 6.65. The Labute approximate surface area is 154 Å². The molecule has 15 nitrogen and oxygen atoms in total. The summed E-state index contributed by atoms with van der Waals surface area (Å²) in [4.78, 5) is 19.8. The molecule has 8 atom stereocenters. The summed E-state index contributed by atoms with van der Waals surface area (Å²) in [6.07, 6.45) is -13.7. The number of hydrogen-bond donors (Lipinski definition) is 13. The topological polar surface area (TPSA) is 341 Å². The Hall–Kier alpha value is -1.18. The van der Waals surface area contributed by atoms with Crippen molar-refractivity contribution < 1.29 is 60.7 Å². The van der Waals surface area contributed by atoms with Gasteiger partial charge in [-0.1, -0.05) is 0 Å². The van der Waals surface area contributed by atoms with E-state index >= 15 is 0 Å². The predicted molar refractivity (Wildman–Crippen MR) is 89.4 cm³/mol. The molecule has 0 heterocycles. The largest absolute Gasteiger partial charge is 0.394 e. The van der Waals surface area contributed by atoms with Crippen LogP contribution in [0.25, 0.3) is 0 Å². The van der Waals surface area contributed by atoms with Gasteiger partial charge in [-0.3, -0.25) is 0 Å². The van der Waals surface area contributed by atoms with Gasteiger partial charge in [0.05, 0.1) is 13.2 Å². The summed E-state index contributed by atoms with van der Waals surface area (Å²) in [5, 5.41) is 87.1. The molecule has 0 aliphatic heterocycles. The zero-order chi connectivity index (χ0) is 19.4. The molecule has 0 aromatic carbocycles. The molecule has 0 radical (unpaired) electrons. The molecule has 0 aromatic rings. The Morgan fingerprint density at radius 3 is 0.889 bits per heavy atom. The molecular formula is C12H33N3O12. The summed E-state index contributed by atoms with van der Waals surface area (Å²) in [5.74, 6) is 0. The fourth-order valence-electron chi connectivity index (χ4n) is 1.24. The van der Waals surface area contributed by atoms with Crippen LogP contribution in [0.3, 0.4) is 0 Å². The smallest absolute Gasteiger partial charge is 0.151 e. The minimum atomic E-state index is -1.79. The fraction of sp³-hybridized carbons (Fsp3) is 0.833. The van der Waals surface area contributed by atoms with Gasteiger partial charge in [0.15, 0.2) is 12.6 Å². The van der Waals surface area contributed by atoms with Crippen molar-refractivity contribution in [2.45, 2.75) is 48.8 Å². The number of aldehydes is 2. The fourth-order valence-corrected chi connectivity index (χ4v) is 1.24. The highest BCUT2D eigenvalue weighted by Crippen LogP contribution is 2.03. The van der Waals surface area contributed by atoms with E-state index in [-0.39, 0.29) is 31.0 Å². The van der Waals surface area contributed by atoms with Gasteiger partial charge >= 0.3 is 0 Å². The Kier molecular flexibility index (Phi) is 26.6. The van der Waals surface area contributed by atoms with E-state index in [9.17, 15) is 9.59 Å². The maximum atomic E-state index is 9.90. The lowest BCUT2D eigenvalue weighted by Crippen LogP contribution is -2.46. The minimum absolute atomic E-state index is 0. The van der Waals surface area contributed by atoms with E-state index in [1.165, 1.54) is 0 Å². The maximum Gasteiger partial charge on any atom is 0.151 e. The number of rotatable bonds is 10. The standard InChI is InChI=1S/2C6H12O6.3H3N/c2*7-1-3(9)5(11)6(12)4(10)2-8;;;/h2*1,3-6,8-12H,2H2;3*1H3/t3-,4+,5-,6-;3-,4-,5-,6-;;;/m01.../s1. The van der Waals surface area contributed by atoms with Crippen molar-refractivity contribution in [3.05, 3.63) is 0 Å². The summed E-state index contributed by atoms with van der Waals surface area (Å²) in [6.45, 7) is -1.52. The second-order valence-corrected chi connectivity index (χ2v) is 4.72. The van der Waals surface area contributed by atoms with Gasteiger partial charge in [-0.05, 0) is 0 Å². The van der Waals surface area contributed by atoms with Crippen molar-refractivity contribution in [3.63, 3.8) is 0 Å². The molecule has 168 valence electrons. The average Bonchev–Trinajstić information content (AvgIpc) is 2.62. The van der Waals surface area contributed by atoms with Gasteiger partial charge in [0, 0.05) is 0 Å². The Bertz CT molecular complexity index is 322. The van der Waals surface area contributed by atoms with Crippen LogP contribution in [0.5, 0.6) is 0 Å². The van der Waals surface area contributed by atoms with Gasteiger partial charge in [-0.25, -0.2) is 0 Å². The van der Waals surface area contributed by atoms with Gasteiger partial charge in [-0.2, -0.15) is 0 Å². The highest BCUT2D eigenvalue weighted by molar-refractivity contribution is 5.57. The molecule has 0 fully saturated rings. The number of carbonyl (C=O) groups excluding carboxylic acids is 2. The lowest BCUT2D eigenvalue weighted by molar-refractivity contribution is -0.136. The van der Waals surface area contributed by atoms with E-state index in [0.29, 0.717) is 0 Å². The molecular weight excluding hydrogens is 378 g/mol. The average molecular weight is 411 g/mol. The van der Waals surface area contributed by atoms with Crippen LogP contribution in [0.15, 0.2) is 0 Å². The van der Waals surface area contributed by atoms with Gasteiger partial charge < -0.3 is 79.1 Å². The molecule has 19 N–H and O–H groups in total. The van der Waals surface area contributed by atoms with E-state index in [2.05, 4.69) is 0 Å². The minimum Gasteiger partial charge on any atom is -0.394 e. The molecule has 0 amide bonds. The van der Waals surface area contributed by atoms with Crippen LogP contribution in [0, 0.1) is 0 Å². The molecule has 0 aliphatic carbocycles. The van der Waals surface area contributed by atoms with Crippen LogP contribution in [0.1, 0.15) is 0 Å². The molecule has 0 saturated heterocycles. The lowest BCUT2D eigenvalue weighted by Gasteiger charge is -2.22. The first-order valence-electron chi connectivity index (χ1n) is 6.65. The molecule has 0 aliphatic rings. The molecule has 27 heavy (non-hydrogen) atoms. The summed E-state index contributed by atoms with van der Waals surface area (Å²) in [6, 6.07) is 0. The van der Waals surface area contributed by atoms with Crippen LogP contribution < -0.4 is 18.5 Å². The van der Waals surface area contributed by atoms with Gasteiger partial charge in [0.1, 0.15) is 48.8 Å². The zero-order valence-corrected chi connectivity index (χ0v) is 14.6. The normalized spacial score (nSPS) is 18.7. The Morgan fingerprint density at radius 1 is 0.519 bits per heavy atom. The van der Waals surface area contributed by atoms with Crippen LogP contribution in [-0.2, 0) is 9.59 Å². The monoisotopic (exact) mass is 411 g/mol. The molecule has 15 heteroatoms. The predicted octanol–water partition coefficient (Wildman–Crippen LogP) is -6.27. The maximum absolute atomic E-state index is 9.90. The molecule has 0 bridgehead atoms. The zero-order valence-electron chi connectivity index (χ0n) is 14.6. The van der Waals surface area contributed by atoms with E-state index in [1.807, 2.05) is 0 Å². The summed E-state index contributed by atoms with van der Waals surface area (Å²) < 4.78 is 0. The van der Waals surface area contributed by atoms with Crippen molar-refractivity contribution in [1.29, 1.82) is 0 Å². The molecule has 0 aromatic heterocycles. The van der Waals surface area contributed by atoms with Crippen LogP contribution >= 0.6 is 0 Å². The molecule has 0 saturated carbocycles. The van der Waals surface area contributed by atoms with Gasteiger partial charge in [0.25, 0.3) is 0 Å². The van der Waals surface area contributed by atoms with Crippen molar-refractivity contribution in [2.24, 2.45) is 0 Å². The van der Waals surface area contributed by atoms with Gasteiger partial charge in [0.2, 0.25) is 0 Å². The Balaban J connectivity index is -0.000000108. The van der Waals surface area contributed by atoms with E-state index in [4.69, 9.17) is 51.1 Å². The molecule has 0 spiro atoms. The molecule has 0 rings (SSSR count). The van der Waals surface area contributed by atoms with E-state index in [0.717, 1.165) is 0 Å². The summed E-state index contributed by atoms with van der Waals surface area (Å²) in [5.41, 5.74) is 0. The first kappa shape index (κ1) is 36.7. The van der Waals surface area contributed by atoms with Crippen molar-refractivity contribution >= 4 is 12.6 Å². The number of carbonyl (C=O) groups is 2. The first-order chi connectivity index (χ1) is 11.1. The van der Waals surface area contributed by atoms with Crippen molar-refractivity contribution in [2.75, 3.05) is 13.2 Å². The van der Waals surface area contributed by atoms with Crippen molar-refractivity contribution in [1.82, 2.24) is 18.5 Å². The third-order valence-corrected chi connectivity index (χ3v) is 2.84. The molecule has 0 unspecified atom stereocenters. The highest BCUT2D eigenvalue weighted by atomic mass is 16.4. The second kappa shape index (κ2) is 19.6. The van der Waals surface area contributed by atoms with E-state index in [1.54, 1.807) is 0 Å². The van der Waals surface area contributed by atoms with Gasteiger partial charge in [-0.15, -0.1) is 0 Å². The summed E-state index contributed by atoms with van der Waals surface area (Å²) in [7, 11) is 0. The second-order valence-electron chi connectivity index (χ2n) is 4.72. The third-order valence-electron chi connectivity index (χ3n) is 2.84. The number of aliphatic hydroxyl groups is 10. The quantitative estimate of drug-likeness (QED) is 0.148. The number of aliphatic hydroxyl groups excluding tert-OH is 10.